The van der Waals surface area contributed by atoms with Gasteiger partial charge in [0.05, 0.1) is 19.9 Å². The standard InChI is InChI=1S/C14H18ClN3O/c1-18-13(15)9-17-14(18)10-16-8-7-11-3-5-12(19-2)6-4-11/h3-6,9,16H,7-8,10H2,1-2H3. The summed E-state index contributed by atoms with van der Waals surface area (Å²) in [4.78, 5) is 4.23. The van der Waals surface area contributed by atoms with E-state index in [4.69, 9.17) is 16.3 Å². The molecular weight excluding hydrogens is 262 g/mol. The average Bonchev–Trinajstić information content (AvgIpc) is 2.76. The molecule has 1 aromatic heterocycles. The summed E-state index contributed by atoms with van der Waals surface area (Å²) in [5, 5.41) is 4.02. The van der Waals surface area contributed by atoms with E-state index in [1.54, 1.807) is 13.3 Å². The van der Waals surface area contributed by atoms with Crippen molar-refractivity contribution in [1.82, 2.24) is 14.9 Å². The molecule has 0 bridgehead atoms. The van der Waals surface area contributed by atoms with Crippen LogP contribution in [0.2, 0.25) is 5.15 Å². The third-order valence-corrected chi connectivity index (χ3v) is 3.41. The van der Waals surface area contributed by atoms with E-state index in [0.29, 0.717) is 5.15 Å². The second kappa shape index (κ2) is 6.59. The SMILES string of the molecule is COc1ccc(CCNCc2ncc(Cl)n2C)cc1. The van der Waals surface area contributed by atoms with E-state index in [-0.39, 0.29) is 0 Å². The highest BCUT2D eigenvalue weighted by Crippen LogP contribution is 2.11. The lowest BCUT2D eigenvalue weighted by Crippen LogP contribution is -2.19. The molecule has 1 aromatic carbocycles. The van der Waals surface area contributed by atoms with Gasteiger partial charge in [-0.1, -0.05) is 23.7 Å². The Kier molecular flexibility index (Phi) is 4.82. The van der Waals surface area contributed by atoms with E-state index in [0.717, 1.165) is 31.1 Å². The number of nitrogens with zero attached hydrogens (tertiary/aromatic N) is 2. The van der Waals surface area contributed by atoms with Crippen LogP contribution in [0, 0.1) is 0 Å². The molecule has 5 heteroatoms. The van der Waals surface area contributed by atoms with Gasteiger partial charge in [0.2, 0.25) is 0 Å². The summed E-state index contributed by atoms with van der Waals surface area (Å²) in [5.41, 5.74) is 1.28. The Morgan fingerprint density at radius 1 is 1.32 bits per heavy atom. The van der Waals surface area contributed by atoms with Crippen molar-refractivity contribution in [2.24, 2.45) is 7.05 Å². The lowest BCUT2D eigenvalue weighted by molar-refractivity contribution is 0.414. The molecule has 102 valence electrons. The minimum atomic E-state index is 0.659. The fourth-order valence-corrected chi connectivity index (χ4v) is 1.96. The van der Waals surface area contributed by atoms with Crippen LogP contribution in [0.3, 0.4) is 0 Å². The number of hydrogen-bond donors (Lipinski definition) is 1. The molecule has 2 rings (SSSR count). The Labute approximate surface area is 118 Å². The van der Waals surface area contributed by atoms with Gasteiger partial charge >= 0.3 is 0 Å². The van der Waals surface area contributed by atoms with Gasteiger partial charge in [-0.25, -0.2) is 4.98 Å². The summed E-state index contributed by atoms with van der Waals surface area (Å²) in [6.07, 6.45) is 2.64. The molecule has 0 fully saturated rings. The lowest BCUT2D eigenvalue weighted by Gasteiger charge is -2.06. The zero-order valence-corrected chi connectivity index (χ0v) is 11.9. The van der Waals surface area contributed by atoms with Crippen molar-refractivity contribution in [1.29, 1.82) is 0 Å². The van der Waals surface area contributed by atoms with E-state index in [1.165, 1.54) is 5.56 Å². The number of aromatic nitrogens is 2. The topological polar surface area (TPSA) is 39.1 Å². The molecule has 0 saturated heterocycles. The first-order valence-corrected chi connectivity index (χ1v) is 6.58. The van der Waals surface area contributed by atoms with Gasteiger partial charge in [-0.2, -0.15) is 0 Å². The number of rotatable bonds is 6. The van der Waals surface area contributed by atoms with E-state index in [9.17, 15) is 0 Å². The van der Waals surface area contributed by atoms with Crippen molar-refractivity contribution >= 4 is 11.6 Å². The molecule has 4 nitrogen and oxygen atoms in total. The zero-order chi connectivity index (χ0) is 13.7. The van der Waals surface area contributed by atoms with Crippen molar-refractivity contribution in [2.45, 2.75) is 13.0 Å². The molecule has 0 aliphatic heterocycles. The molecule has 0 aliphatic carbocycles. The van der Waals surface area contributed by atoms with Crippen molar-refractivity contribution < 1.29 is 4.74 Å². The van der Waals surface area contributed by atoms with Gasteiger partial charge < -0.3 is 14.6 Å². The van der Waals surface area contributed by atoms with E-state index in [1.807, 2.05) is 23.7 Å². The number of benzene rings is 1. The van der Waals surface area contributed by atoms with Gasteiger partial charge in [-0.05, 0) is 30.7 Å². The molecule has 0 unspecified atom stereocenters. The summed E-state index contributed by atoms with van der Waals surface area (Å²) >= 11 is 5.93. The van der Waals surface area contributed by atoms with Crippen molar-refractivity contribution in [3.8, 4) is 5.75 Å². The number of nitrogens with one attached hydrogen (secondary N) is 1. The Hall–Kier alpha value is -1.52. The molecule has 0 saturated carbocycles. The molecule has 1 heterocycles. The first-order chi connectivity index (χ1) is 9.20. The average molecular weight is 280 g/mol. The summed E-state index contributed by atoms with van der Waals surface area (Å²) in [7, 11) is 3.59. The van der Waals surface area contributed by atoms with Crippen molar-refractivity contribution in [3.63, 3.8) is 0 Å². The van der Waals surface area contributed by atoms with Crippen LogP contribution in [0.5, 0.6) is 5.75 Å². The Morgan fingerprint density at radius 2 is 2.05 bits per heavy atom. The Morgan fingerprint density at radius 3 is 2.63 bits per heavy atom. The summed E-state index contributed by atoms with van der Waals surface area (Å²) < 4.78 is 7.01. The molecule has 0 amide bonds. The number of ether oxygens (including phenoxy) is 1. The number of hydrogen-bond acceptors (Lipinski definition) is 3. The number of methoxy groups -OCH3 is 1. The van der Waals surface area contributed by atoms with Crippen LogP contribution in [0.1, 0.15) is 11.4 Å². The maximum Gasteiger partial charge on any atom is 0.128 e. The second-order valence-corrected chi connectivity index (χ2v) is 4.72. The monoisotopic (exact) mass is 279 g/mol. The first kappa shape index (κ1) is 13.9. The van der Waals surface area contributed by atoms with Crippen LogP contribution in [-0.4, -0.2) is 23.2 Å². The highest BCUT2D eigenvalue weighted by Gasteiger charge is 2.03. The normalized spacial score (nSPS) is 10.7. The van der Waals surface area contributed by atoms with Crippen LogP contribution in [0.25, 0.3) is 0 Å². The third-order valence-electron chi connectivity index (χ3n) is 3.06. The van der Waals surface area contributed by atoms with Gasteiger partial charge in [0, 0.05) is 7.05 Å². The number of halogens is 1. The van der Waals surface area contributed by atoms with Gasteiger partial charge in [-0.15, -0.1) is 0 Å². The Balaban J connectivity index is 1.76. The van der Waals surface area contributed by atoms with Gasteiger partial charge in [0.15, 0.2) is 0 Å². The maximum atomic E-state index is 5.93. The molecule has 0 spiro atoms. The predicted octanol–water partition coefficient (Wildman–Crippen LogP) is 2.41. The highest BCUT2D eigenvalue weighted by atomic mass is 35.5. The van der Waals surface area contributed by atoms with Gasteiger partial charge in [-0.3, -0.25) is 0 Å². The third kappa shape index (κ3) is 3.72. The smallest absolute Gasteiger partial charge is 0.128 e. The lowest BCUT2D eigenvalue weighted by atomic mass is 10.1. The van der Waals surface area contributed by atoms with Crippen LogP contribution in [0.4, 0.5) is 0 Å². The fourth-order valence-electron chi connectivity index (χ4n) is 1.81. The predicted molar refractivity (Wildman–Crippen MR) is 76.6 cm³/mol. The van der Waals surface area contributed by atoms with E-state index >= 15 is 0 Å². The zero-order valence-electron chi connectivity index (χ0n) is 11.2. The fraction of sp³-hybridized carbons (Fsp3) is 0.357. The van der Waals surface area contributed by atoms with E-state index in [2.05, 4.69) is 22.4 Å². The largest absolute Gasteiger partial charge is 0.497 e. The molecule has 0 radical (unpaired) electrons. The Bertz CT molecular complexity index is 522. The minimum absolute atomic E-state index is 0.659. The molecular formula is C14H18ClN3O. The number of imidazole rings is 1. The van der Waals surface area contributed by atoms with Crippen molar-refractivity contribution in [3.05, 3.63) is 47.0 Å². The summed E-state index contributed by atoms with van der Waals surface area (Å²) in [5.74, 6) is 1.83. The van der Waals surface area contributed by atoms with Crippen LogP contribution >= 0.6 is 11.6 Å². The first-order valence-electron chi connectivity index (χ1n) is 6.20. The van der Waals surface area contributed by atoms with Crippen LogP contribution < -0.4 is 10.1 Å². The van der Waals surface area contributed by atoms with E-state index < -0.39 is 0 Å². The summed E-state index contributed by atoms with van der Waals surface area (Å²) in [6, 6.07) is 8.12. The second-order valence-electron chi connectivity index (χ2n) is 4.33. The van der Waals surface area contributed by atoms with Gasteiger partial charge in [0.25, 0.3) is 0 Å². The van der Waals surface area contributed by atoms with Crippen LogP contribution in [0.15, 0.2) is 30.5 Å². The van der Waals surface area contributed by atoms with Crippen molar-refractivity contribution in [2.75, 3.05) is 13.7 Å². The van der Waals surface area contributed by atoms with Crippen LogP contribution in [-0.2, 0) is 20.0 Å². The minimum Gasteiger partial charge on any atom is -0.497 e. The summed E-state index contributed by atoms with van der Waals surface area (Å²) in [6.45, 7) is 1.62. The quantitative estimate of drug-likeness (QED) is 0.826. The molecule has 2 aromatic rings. The molecule has 0 atom stereocenters. The van der Waals surface area contributed by atoms with Gasteiger partial charge in [0.1, 0.15) is 16.7 Å². The highest BCUT2D eigenvalue weighted by molar-refractivity contribution is 6.29. The molecule has 1 N–H and O–H groups in total. The molecule has 19 heavy (non-hydrogen) atoms. The molecule has 0 aliphatic rings. The maximum absolute atomic E-state index is 5.93.